The fourth-order valence-electron chi connectivity index (χ4n) is 3.20. The molecule has 1 aliphatic rings. The van der Waals surface area contributed by atoms with Crippen LogP contribution >= 0.6 is 11.3 Å². The largest absolute Gasteiger partial charge is 0.464 e. The van der Waals surface area contributed by atoms with Crippen molar-refractivity contribution in [1.29, 1.82) is 0 Å². The van der Waals surface area contributed by atoms with E-state index in [1.54, 1.807) is 25.2 Å². The SMILES string of the molecule is CCOC(=O)[C@@H](C)N1N=C(c2ccccc2)Cn2c(cc3sccc32)C1=O. The van der Waals surface area contributed by atoms with Gasteiger partial charge in [0, 0.05) is 0 Å². The van der Waals surface area contributed by atoms with Crippen LogP contribution in [0.4, 0.5) is 0 Å². The highest BCUT2D eigenvalue weighted by molar-refractivity contribution is 7.17. The molecule has 6 nitrogen and oxygen atoms in total. The van der Waals surface area contributed by atoms with Crippen LogP contribution in [0, 0.1) is 0 Å². The van der Waals surface area contributed by atoms with Crippen molar-refractivity contribution >= 4 is 39.1 Å². The number of rotatable bonds is 4. The minimum absolute atomic E-state index is 0.257. The fraction of sp³-hybridized carbons (Fsp3) is 0.250. The topological polar surface area (TPSA) is 63.9 Å². The van der Waals surface area contributed by atoms with Crippen LogP contribution in [0.3, 0.4) is 0 Å². The Balaban J connectivity index is 1.85. The smallest absolute Gasteiger partial charge is 0.330 e. The minimum Gasteiger partial charge on any atom is -0.464 e. The molecular formula is C20H19N3O3S. The lowest BCUT2D eigenvalue weighted by molar-refractivity contribution is -0.147. The number of aromatic nitrogens is 1. The van der Waals surface area contributed by atoms with Crippen molar-refractivity contribution in [3.8, 4) is 0 Å². The van der Waals surface area contributed by atoms with E-state index in [9.17, 15) is 9.59 Å². The molecule has 0 saturated carbocycles. The molecule has 7 heteroatoms. The number of esters is 1. The van der Waals surface area contributed by atoms with Gasteiger partial charge < -0.3 is 9.30 Å². The molecule has 3 aromatic rings. The number of carbonyl (C=O) groups is 2. The molecule has 0 aliphatic carbocycles. The van der Waals surface area contributed by atoms with Crippen LogP contribution in [0.5, 0.6) is 0 Å². The number of thiophene rings is 1. The lowest BCUT2D eigenvalue weighted by Gasteiger charge is -2.22. The van der Waals surface area contributed by atoms with E-state index in [-0.39, 0.29) is 12.5 Å². The molecule has 0 unspecified atom stereocenters. The first-order chi connectivity index (χ1) is 13.1. The van der Waals surface area contributed by atoms with Gasteiger partial charge in [-0.05, 0) is 36.9 Å². The van der Waals surface area contributed by atoms with E-state index < -0.39 is 12.0 Å². The zero-order valence-electron chi connectivity index (χ0n) is 15.1. The summed E-state index contributed by atoms with van der Waals surface area (Å²) in [7, 11) is 0. The quantitative estimate of drug-likeness (QED) is 0.650. The summed E-state index contributed by atoms with van der Waals surface area (Å²) in [5, 5.41) is 7.85. The summed E-state index contributed by atoms with van der Waals surface area (Å²) in [6.07, 6.45) is 0. The molecule has 4 rings (SSSR count). The Labute approximate surface area is 160 Å². The van der Waals surface area contributed by atoms with Crippen molar-refractivity contribution in [2.45, 2.75) is 26.4 Å². The molecular weight excluding hydrogens is 362 g/mol. The summed E-state index contributed by atoms with van der Waals surface area (Å²) in [5.74, 6) is -0.770. The summed E-state index contributed by atoms with van der Waals surface area (Å²) < 4.78 is 8.12. The Morgan fingerprint density at radius 1 is 1.30 bits per heavy atom. The molecule has 138 valence electrons. The third-order valence-electron chi connectivity index (χ3n) is 4.59. The molecule has 3 heterocycles. The lowest BCUT2D eigenvalue weighted by Crippen LogP contribution is -2.41. The molecule has 0 radical (unpaired) electrons. The maximum atomic E-state index is 13.2. The van der Waals surface area contributed by atoms with E-state index in [0.29, 0.717) is 12.2 Å². The number of ether oxygens (including phenoxy) is 1. The normalized spacial score (nSPS) is 15.3. The zero-order chi connectivity index (χ0) is 19.0. The Morgan fingerprint density at radius 2 is 2.07 bits per heavy atom. The number of benzene rings is 1. The first-order valence-electron chi connectivity index (χ1n) is 8.80. The van der Waals surface area contributed by atoms with Crippen molar-refractivity contribution in [2.24, 2.45) is 5.10 Å². The second-order valence-electron chi connectivity index (χ2n) is 6.28. The van der Waals surface area contributed by atoms with E-state index in [4.69, 9.17) is 4.74 Å². The molecule has 0 bridgehead atoms. The Kier molecular flexibility index (Phi) is 4.53. The van der Waals surface area contributed by atoms with Crippen LogP contribution in [0.2, 0.25) is 0 Å². The second kappa shape index (κ2) is 7.00. The highest BCUT2D eigenvalue weighted by Crippen LogP contribution is 2.29. The van der Waals surface area contributed by atoms with Crippen LogP contribution in [0.25, 0.3) is 10.2 Å². The third-order valence-corrected chi connectivity index (χ3v) is 5.44. The molecule has 1 amide bonds. The van der Waals surface area contributed by atoms with Gasteiger partial charge in [-0.3, -0.25) is 4.79 Å². The molecule has 0 saturated heterocycles. The molecule has 1 aromatic carbocycles. The second-order valence-corrected chi connectivity index (χ2v) is 7.22. The van der Waals surface area contributed by atoms with Crippen molar-refractivity contribution in [2.75, 3.05) is 6.61 Å². The van der Waals surface area contributed by atoms with Crippen molar-refractivity contribution < 1.29 is 14.3 Å². The van der Waals surface area contributed by atoms with Gasteiger partial charge in [0.15, 0.2) is 6.04 Å². The Morgan fingerprint density at radius 3 is 2.81 bits per heavy atom. The van der Waals surface area contributed by atoms with Gasteiger partial charge in [0.25, 0.3) is 5.91 Å². The predicted octanol–water partition coefficient (Wildman–Crippen LogP) is 3.51. The van der Waals surface area contributed by atoms with Crippen molar-refractivity contribution in [3.63, 3.8) is 0 Å². The molecule has 2 aromatic heterocycles. The van der Waals surface area contributed by atoms with Crippen LogP contribution < -0.4 is 0 Å². The molecule has 0 fully saturated rings. The average Bonchev–Trinajstić information content (AvgIpc) is 3.23. The summed E-state index contributed by atoms with van der Waals surface area (Å²) in [6.45, 7) is 4.10. The fourth-order valence-corrected chi connectivity index (χ4v) is 4.03. The summed E-state index contributed by atoms with van der Waals surface area (Å²) >= 11 is 1.59. The van der Waals surface area contributed by atoms with Gasteiger partial charge in [0.1, 0.15) is 5.69 Å². The molecule has 1 atom stereocenters. The lowest BCUT2D eigenvalue weighted by atomic mass is 10.1. The number of hydrazone groups is 1. The van der Waals surface area contributed by atoms with E-state index in [1.807, 2.05) is 52.4 Å². The first-order valence-corrected chi connectivity index (χ1v) is 9.68. The molecule has 0 spiro atoms. The van der Waals surface area contributed by atoms with E-state index in [1.165, 1.54) is 5.01 Å². The first kappa shape index (κ1) is 17.5. The third kappa shape index (κ3) is 3.04. The van der Waals surface area contributed by atoms with Crippen molar-refractivity contribution in [3.05, 3.63) is 59.1 Å². The van der Waals surface area contributed by atoms with Gasteiger partial charge in [-0.25, -0.2) is 9.80 Å². The summed E-state index contributed by atoms with van der Waals surface area (Å²) in [6, 6.07) is 12.8. The average molecular weight is 381 g/mol. The maximum absolute atomic E-state index is 13.2. The van der Waals surface area contributed by atoms with Gasteiger partial charge in [0.2, 0.25) is 0 Å². The van der Waals surface area contributed by atoms with Gasteiger partial charge in [-0.1, -0.05) is 30.3 Å². The van der Waals surface area contributed by atoms with Gasteiger partial charge in [-0.2, -0.15) is 5.10 Å². The monoisotopic (exact) mass is 381 g/mol. The number of carbonyl (C=O) groups excluding carboxylic acids is 2. The highest BCUT2D eigenvalue weighted by atomic mass is 32.1. The Bertz CT molecular complexity index is 1040. The molecule has 27 heavy (non-hydrogen) atoms. The number of hydrogen-bond donors (Lipinski definition) is 0. The van der Waals surface area contributed by atoms with Crippen LogP contribution in [0.15, 0.2) is 52.9 Å². The number of amides is 1. The minimum atomic E-state index is -0.810. The number of fused-ring (bicyclic) bond motifs is 3. The van der Waals surface area contributed by atoms with Gasteiger partial charge in [-0.15, -0.1) is 11.3 Å². The maximum Gasteiger partial charge on any atom is 0.330 e. The summed E-state index contributed by atoms with van der Waals surface area (Å²) in [4.78, 5) is 25.5. The number of hydrogen-bond acceptors (Lipinski definition) is 5. The summed E-state index contributed by atoms with van der Waals surface area (Å²) in [5.41, 5.74) is 3.17. The van der Waals surface area contributed by atoms with Crippen LogP contribution in [-0.2, 0) is 16.1 Å². The molecule has 0 N–H and O–H groups in total. The van der Waals surface area contributed by atoms with Crippen LogP contribution in [0.1, 0.15) is 29.9 Å². The number of nitrogens with zero attached hydrogens (tertiary/aromatic N) is 3. The zero-order valence-corrected chi connectivity index (χ0v) is 15.9. The van der Waals surface area contributed by atoms with E-state index in [0.717, 1.165) is 21.5 Å². The predicted molar refractivity (Wildman–Crippen MR) is 105 cm³/mol. The standard InChI is InChI=1S/C20H19N3O3S/c1-3-26-20(25)13(2)23-19(24)17-11-18-16(9-10-27-18)22(17)12-15(21-23)14-7-5-4-6-8-14/h4-11,13H,3,12H2,1-2H3/t13-/m1/s1. The highest BCUT2D eigenvalue weighted by Gasteiger charge is 2.33. The van der Waals surface area contributed by atoms with Crippen molar-refractivity contribution in [1.82, 2.24) is 9.58 Å². The van der Waals surface area contributed by atoms with Gasteiger partial charge in [0.05, 0.1) is 29.1 Å². The molecule has 1 aliphatic heterocycles. The van der Waals surface area contributed by atoms with E-state index >= 15 is 0 Å². The Hall–Kier alpha value is -2.93. The van der Waals surface area contributed by atoms with Gasteiger partial charge >= 0.3 is 5.97 Å². The van der Waals surface area contributed by atoms with E-state index in [2.05, 4.69) is 5.10 Å². The van der Waals surface area contributed by atoms with Crippen LogP contribution in [-0.4, -0.2) is 39.8 Å².